The number of benzene rings is 3. The summed E-state index contributed by atoms with van der Waals surface area (Å²) in [6, 6.07) is 19.8. The molecule has 0 saturated heterocycles. The van der Waals surface area contributed by atoms with Gasteiger partial charge in [0.2, 0.25) is 0 Å². The third-order valence-electron chi connectivity index (χ3n) is 9.06. The summed E-state index contributed by atoms with van der Waals surface area (Å²) in [7, 11) is 0. The molecular weight excluding hydrogens is 528 g/mol. The van der Waals surface area contributed by atoms with Crippen molar-refractivity contribution in [2.45, 2.75) is 123 Å². The number of aryl methyl sites for hydroxylation is 3. The van der Waals surface area contributed by atoms with E-state index >= 15 is 0 Å². The van der Waals surface area contributed by atoms with E-state index in [0.717, 1.165) is 48.9 Å². The average Bonchev–Trinajstić information content (AvgIpc) is 3.64. The van der Waals surface area contributed by atoms with Crippen LogP contribution in [0.4, 0.5) is 0 Å². The van der Waals surface area contributed by atoms with Gasteiger partial charge >= 0.3 is 0 Å². The molecule has 3 aromatic rings. The maximum Gasteiger partial charge on any atom is 0.163 e. The lowest BCUT2D eigenvalue weighted by atomic mass is 9.85. The minimum Gasteiger partial charge on any atom is -0.411 e. The number of oxime groups is 1. The molecule has 43 heavy (non-hydrogen) atoms. The highest BCUT2D eigenvalue weighted by molar-refractivity contribution is 6.04. The number of carbonyl (C=O) groups is 1. The van der Waals surface area contributed by atoms with Crippen molar-refractivity contribution < 1.29 is 10.0 Å². The van der Waals surface area contributed by atoms with Gasteiger partial charge in [0.05, 0.1) is 5.71 Å². The number of nitrogens with two attached hydrogens (primary N) is 1. The zero-order valence-electron chi connectivity index (χ0n) is 27.9. The number of fused-ring (bicyclic) bond motifs is 3. The Hall–Kier alpha value is -3.24. The molecule has 0 aromatic heterocycles. The molecule has 0 fully saturated rings. The monoisotopic (exact) mass is 580 g/mol. The quantitative estimate of drug-likeness (QED) is 0.206. The van der Waals surface area contributed by atoms with E-state index in [9.17, 15) is 4.79 Å². The normalized spacial score (nSPS) is 18.3. The fourth-order valence-corrected chi connectivity index (χ4v) is 6.08. The lowest BCUT2D eigenvalue weighted by Gasteiger charge is -2.20. The van der Waals surface area contributed by atoms with Crippen molar-refractivity contribution in [3.05, 3.63) is 105 Å². The van der Waals surface area contributed by atoms with Crippen LogP contribution >= 0.6 is 0 Å². The zero-order chi connectivity index (χ0) is 31.7. The number of ketones is 1. The summed E-state index contributed by atoms with van der Waals surface area (Å²) in [5.74, 6) is 0.306. The Balaban J connectivity index is 0.000000148. The number of nitrogens with zero attached hydrogens (tertiary/aromatic N) is 1. The van der Waals surface area contributed by atoms with Crippen LogP contribution in [0.2, 0.25) is 0 Å². The first-order chi connectivity index (χ1) is 20.0. The maximum atomic E-state index is 11.4. The van der Waals surface area contributed by atoms with E-state index in [1.54, 1.807) is 0 Å². The molecule has 0 bridgehead atoms. The van der Waals surface area contributed by atoms with Gasteiger partial charge in [-0.15, -0.1) is 0 Å². The lowest BCUT2D eigenvalue weighted by Crippen LogP contribution is -2.12. The topological polar surface area (TPSA) is 75.7 Å². The molecule has 0 amide bonds. The summed E-state index contributed by atoms with van der Waals surface area (Å²) in [5.41, 5.74) is 19.0. The molecule has 1 atom stereocenters. The molecule has 0 aliphatic heterocycles. The number of carbonyl (C=O) groups excluding carboxylic acids is 1. The van der Waals surface area contributed by atoms with Crippen LogP contribution in [0.3, 0.4) is 0 Å². The van der Waals surface area contributed by atoms with Gasteiger partial charge in [-0.1, -0.05) is 122 Å². The van der Waals surface area contributed by atoms with E-state index in [1.807, 2.05) is 6.07 Å². The van der Waals surface area contributed by atoms with Gasteiger partial charge in [-0.05, 0) is 87.3 Å². The summed E-state index contributed by atoms with van der Waals surface area (Å²) in [4.78, 5) is 11.4. The van der Waals surface area contributed by atoms with Gasteiger partial charge in [-0.2, -0.15) is 0 Å². The first-order valence-electron chi connectivity index (χ1n) is 15.9. The number of hydrogen-bond acceptors (Lipinski definition) is 4. The van der Waals surface area contributed by atoms with Crippen LogP contribution in [-0.4, -0.2) is 16.7 Å². The molecule has 230 valence electrons. The third kappa shape index (κ3) is 7.65. The highest BCUT2D eigenvalue weighted by atomic mass is 16.4. The van der Waals surface area contributed by atoms with Crippen molar-refractivity contribution in [1.29, 1.82) is 0 Å². The molecule has 3 aromatic carbocycles. The van der Waals surface area contributed by atoms with Crippen molar-refractivity contribution >= 4 is 11.5 Å². The largest absolute Gasteiger partial charge is 0.411 e. The number of hydrogen-bond donors (Lipinski definition) is 2. The van der Waals surface area contributed by atoms with Crippen molar-refractivity contribution in [1.82, 2.24) is 0 Å². The fraction of sp³-hybridized carbons (Fsp3) is 0.487. The van der Waals surface area contributed by atoms with Crippen LogP contribution in [0.5, 0.6) is 0 Å². The van der Waals surface area contributed by atoms with Crippen molar-refractivity contribution in [2.24, 2.45) is 10.9 Å². The number of rotatable bonds is 0. The molecule has 0 radical (unpaired) electrons. The molecule has 0 heterocycles. The summed E-state index contributed by atoms with van der Waals surface area (Å²) < 4.78 is 0. The molecule has 0 saturated carbocycles. The van der Waals surface area contributed by atoms with E-state index in [2.05, 4.69) is 116 Å². The van der Waals surface area contributed by atoms with Crippen LogP contribution in [0.1, 0.15) is 142 Å². The molecular formula is C39H52N2O2. The Morgan fingerprint density at radius 3 is 1.63 bits per heavy atom. The summed E-state index contributed by atoms with van der Waals surface area (Å²) >= 11 is 0. The van der Waals surface area contributed by atoms with Crippen LogP contribution in [0.25, 0.3) is 0 Å². The molecule has 1 unspecified atom stereocenters. The van der Waals surface area contributed by atoms with Gasteiger partial charge < -0.3 is 10.9 Å². The first-order valence-corrected chi connectivity index (χ1v) is 15.9. The molecule has 4 nitrogen and oxygen atoms in total. The fourth-order valence-electron chi connectivity index (χ4n) is 6.08. The Morgan fingerprint density at radius 1 is 0.628 bits per heavy atom. The molecule has 3 aliphatic rings. The molecule has 6 rings (SSSR count). The van der Waals surface area contributed by atoms with E-state index in [1.165, 1.54) is 38.9 Å². The van der Waals surface area contributed by atoms with Crippen LogP contribution in [0, 0.1) is 0 Å². The summed E-state index contributed by atoms with van der Waals surface area (Å²) in [6.45, 7) is 20.0. The lowest BCUT2D eigenvalue weighted by molar-refractivity contribution is 0.0994. The van der Waals surface area contributed by atoms with Gasteiger partial charge in [-0.3, -0.25) is 4.79 Å². The number of Topliss-reactive ketones (excluding diaryl/α,β-unsaturated/α-hetero) is 1. The summed E-state index contributed by atoms with van der Waals surface area (Å²) in [6.07, 6.45) is 5.75. The van der Waals surface area contributed by atoms with E-state index in [0.29, 0.717) is 12.2 Å². The van der Waals surface area contributed by atoms with Gasteiger partial charge in [0.15, 0.2) is 5.78 Å². The highest BCUT2D eigenvalue weighted by Gasteiger charge is 2.24. The van der Waals surface area contributed by atoms with Gasteiger partial charge in [0.1, 0.15) is 0 Å². The SMILES string of the molecule is CC(C)(C)c1ccc2c(c1)CCC2=NO.CC(C)(C)c1ccc2c(c1)CCC2=O.CC(C)(C)c1ccc2c(c1)CCC2N. The van der Waals surface area contributed by atoms with E-state index in [-0.39, 0.29) is 22.3 Å². The Bertz CT molecular complexity index is 1510. The molecule has 4 heteroatoms. The minimum atomic E-state index is 0.181. The van der Waals surface area contributed by atoms with Gasteiger partial charge in [0, 0.05) is 23.6 Å². The van der Waals surface area contributed by atoms with Crippen molar-refractivity contribution in [2.75, 3.05) is 0 Å². The second kappa shape index (κ2) is 12.4. The standard InChI is InChI=1S/C13H17NO.C13H19N.C13H16O/c1-13(2,3)10-5-6-11-9(8-10)4-7-12(11)14-15;2*1-13(2,3)10-5-6-11-9(8-10)4-7-12(11)14/h5-6,8,15H,4,7H2,1-3H3;5-6,8,12H,4,7,14H2,1-3H3;5-6,8H,4,7H2,1-3H3. The Morgan fingerprint density at radius 2 is 1.09 bits per heavy atom. The van der Waals surface area contributed by atoms with Crippen LogP contribution < -0.4 is 5.73 Å². The highest BCUT2D eigenvalue weighted by Crippen LogP contribution is 2.33. The van der Waals surface area contributed by atoms with Crippen molar-refractivity contribution in [3.8, 4) is 0 Å². The first kappa shape index (κ1) is 32.7. The molecule has 3 N–H and O–H groups in total. The Labute approximate surface area is 259 Å². The maximum absolute atomic E-state index is 11.4. The second-order valence-electron chi connectivity index (χ2n) is 15.5. The van der Waals surface area contributed by atoms with Crippen LogP contribution in [-0.2, 0) is 35.5 Å². The van der Waals surface area contributed by atoms with Gasteiger partial charge in [-0.25, -0.2) is 0 Å². The van der Waals surface area contributed by atoms with Crippen LogP contribution in [0.15, 0.2) is 59.8 Å². The third-order valence-corrected chi connectivity index (χ3v) is 9.06. The molecule has 0 spiro atoms. The van der Waals surface area contributed by atoms with Crippen molar-refractivity contribution in [3.63, 3.8) is 0 Å². The average molecular weight is 581 g/mol. The zero-order valence-corrected chi connectivity index (χ0v) is 27.9. The van der Waals surface area contributed by atoms with E-state index in [4.69, 9.17) is 10.9 Å². The second-order valence-corrected chi connectivity index (χ2v) is 15.5. The minimum absolute atomic E-state index is 0.181. The molecule has 3 aliphatic carbocycles. The summed E-state index contributed by atoms with van der Waals surface area (Å²) in [5, 5.41) is 12.2. The van der Waals surface area contributed by atoms with E-state index < -0.39 is 0 Å². The predicted molar refractivity (Wildman–Crippen MR) is 180 cm³/mol. The smallest absolute Gasteiger partial charge is 0.163 e. The predicted octanol–water partition coefficient (Wildman–Crippen LogP) is 9.15. The van der Waals surface area contributed by atoms with Gasteiger partial charge in [0.25, 0.3) is 0 Å². The Kier molecular flexibility index (Phi) is 9.42.